The van der Waals surface area contributed by atoms with Crippen molar-refractivity contribution < 1.29 is 0 Å². The third kappa shape index (κ3) is 1.88. The zero-order valence-corrected chi connectivity index (χ0v) is 7.32. The molecule has 1 heterocycles. The van der Waals surface area contributed by atoms with Crippen molar-refractivity contribution in [1.29, 1.82) is 0 Å². The first-order valence-electron chi connectivity index (χ1n) is 3.05. The Morgan fingerprint density at radius 1 is 1.73 bits per heavy atom. The summed E-state index contributed by atoms with van der Waals surface area (Å²) in [5.41, 5.74) is 6.90. The van der Waals surface area contributed by atoms with Crippen molar-refractivity contribution in [3.63, 3.8) is 0 Å². The Morgan fingerprint density at radius 2 is 2.45 bits per heavy atom. The van der Waals surface area contributed by atoms with E-state index in [1.165, 1.54) is 0 Å². The maximum Gasteiger partial charge on any atom is 0.123 e. The van der Waals surface area contributed by atoms with Gasteiger partial charge >= 0.3 is 0 Å². The first kappa shape index (κ1) is 8.43. The van der Waals surface area contributed by atoms with E-state index in [-0.39, 0.29) is 0 Å². The van der Waals surface area contributed by atoms with Crippen LogP contribution in [0, 0.1) is 0 Å². The molecular formula is C7H7ClN2S. The Morgan fingerprint density at radius 3 is 2.91 bits per heavy atom. The van der Waals surface area contributed by atoms with Crippen LogP contribution in [0.4, 0.5) is 0 Å². The number of nitrogens with two attached hydrogens (primary N) is 1. The molecule has 0 saturated carbocycles. The van der Waals surface area contributed by atoms with Crippen LogP contribution in [0.3, 0.4) is 0 Å². The van der Waals surface area contributed by atoms with Crippen molar-refractivity contribution in [3.05, 3.63) is 29.6 Å². The summed E-state index contributed by atoms with van der Waals surface area (Å²) in [5.74, 6) is 0.389. The summed E-state index contributed by atoms with van der Waals surface area (Å²) in [7, 11) is 0. The van der Waals surface area contributed by atoms with E-state index in [9.17, 15) is 0 Å². The molecule has 11 heavy (non-hydrogen) atoms. The molecule has 0 unspecified atom stereocenters. The van der Waals surface area contributed by atoms with E-state index < -0.39 is 0 Å². The largest absolute Gasteiger partial charge is 0.388 e. The summed E-state index contributed by atoms with van der Waals surface area (Å²) in [6.07, 6.45) is 1.64. The molecule has 0 aliphatic rings. The third-order valence-corrected chi connectivity index (χ3v) is 1.75. The van der Waals surface area contributed by atoms with Crippen molar-refractivity contribution in [2.24, 2.45) is 5.73 Å². The van der Waals surface area contributed by atoms with Gasteiger partial charge in [0.1, 0.15) is 10.7 Å². The Labute approximate surface area is 75.4 Å². The van der Waals surface area contributed by atoms with Gasteiger partial charge in [0.05, 0.1) is 0 Å². The molecule has 58 valence electrons. The van der Waals surface area contributed by atoms with Gasteiger partial charge in [0.15, 0.2) is 0 Å². The standard InChI is InChI=1S/C7H7ClN2S/c8-4-5-2-1-3-10-6(5)7(9)11/h1-3H,4H2,(H2,9,11). The second-order valence-corrected chi connectivity index (χ2v) is 2.72. The Hall–Kier alpha value is -0.670. The lowest BCUT2D eigenvalue weighted by molar-refractivity contribution is 1.21. The number of halogens is 1. The fourth-order valence-corrected chi connectivity index (χ4v) is 1.17. The van der Waals surface area contributed by atoms with E-state index in [0.29, 0.717) is 16.6 Å². The van der Waals surface area contributed by atoms with Gasteiger partial charge in [-0.05, 0) is 11.6 Å². The molecule has 0 atom stereocenters. The molecule has 1 rings (SSSR count). The second kappa shape index (κ2) is 3.64. The lowest BCUT2D eigenvalue weighted by Crippen LogP contribution is -2.13. The van der Waals surface area contributed by atoms with Crippen molar-refractivity contribution >= 4 is 28.8 Å². The number of hydrogen-bond acceptors (Lipinski definition) is 2. The van der Waals surface area contributed by atoms with E-state index in [4.69, 9.17) is 29.6 Å². The van der Waals surface area contributed by atoms with Crippen LogP contribution in [0.25, 0.3) is 0 Å². The highest BCUT2D eigenvalue weighted by Gasteiger charge is 2.02. The van der Waals surface area contributed by atoms with Crippen LogP contribution < -0.4 is 5.73 Å². The fraction of sp³-hybridized carbons (Fsp3) is 0.143. The maximum absolute atomic E-state index is 5.62. The number of nitrogens with zero attached hydrogens (tertiary/aromatic N) is 1. The zero-order chi connectivity index (χ0) is 8.27. The summed E-state index contributed by atoms with van der Waals surface area (Å²) < 4.78 is 0. The first-order chi connectivity index (χ1) is 5.25. The monoisotopic (exact) mass is 186 g/mol. The number of hydrogen-bond donors (Lipinski definition) is 1. The Balaban J connectivity index is 3.12. The summed E-state index contributed by atoms with van der Waals surface area (Å²) in [6, 6.07) is 3.66. The average molecular weight is 187 g/mol. The van der Waals surface area contributed by atoms with Gasteiger partial charge in [-0.1, -0.05) is 18.3 Å². The molecule has 0 fully saturated rings. The van der Waals surface area contributed by atoms with Crippen LogP contribution in [0.15, 0.2) is 18.3 Å². The fourth-order valence-electron chi connectivity index (χ4n) is 0.768. The van der Waals surface area contributed by atoms with Gasteiger partial charge in [-0.25, -0.2) is 0 Å². The Bertz CT molecular complexity index is 275. The highest BCUT2D eigenvalue weighted by Crippen LogP contribution is 2.07. The highest BCUT2D eigenvalue weighted by molar-refractivity contribution is 7.80. The summed E-state index contributed by atoms with van der Waals surface area (Å²) >= 11 is 10.4. The third-order valence-electron chi connectivity index (χ3n) is 1.27. The van der Waals surface area contributed by atoms with Gasteiger partial charge < -0.3 is 5.73 Å². The molecule has 0 radical (unpaired) electrons. The Kier molecular flexibility index (Phi) is 2.79. The van der Waals surface area contributed by atoms with Crippen LogP contribution in [-0.2, 0) is 5.88 Å². The van der Waals surface area contributed by atoms with Crippen molar-refractivity contribution in [3.8, 4) is 0 Å². The van der Waals surface area contributed by atoms with Gasteiger partial charge in [0.25, 0.3) is 0 Å². The van der Waals surface area contributed by atoms with Gasteiger partial charge in [0.2, 0.25) is 0 Å². The molecule has 0 saturated heterocycles. The molecule has 0 bridgehead atoms. The smallest absolute Gasteiger partial charge is 0.123 e. The number of thiocarbonyl (C=S) groups is 1. The molecule has 4 heteroatoms. The van der Waals surface area contributed by atoms with Gasteiger partial charge in [-0.15, -0.1) is 11.6 Å². The lowest BCUT2D eigenvalue weighted by Gasteiger charge is -2.01. The van der Waals surface area contributed by atoms with Gasteiger partial charge in [-0.2, -0.15) is 0 Å². The summed E-state index contributed by atoms with van der Waals surface area (Å²) in [5, 5.41) is 0. The molecule has 2 nitrogen and oxygen atoms in total. The quantitative estimate of drug-likeness (QED) is 0.562. The number of aromatic nitrogens is 1. The van der Waals surface area contributed by atoms with E-state index in [1.807, 2.05) is 6.07 Å². The molecule has 1 aromatic heterocycles. The number of pyridine rings is 1. The van der Waals surface area contributed by atoms with Crippen LogP contribution in [0.5, 0.6) is 0 Å². The molecule has 2 N–H and O–H groups in total. The summed E-state index contributed by atoms with van der Waals surface area (Å²) in [4.78, 5) is 4.29. The number of alkyl halides is 1. The van der Waals surface area contributed by atoms with Crippen molar-refractivity contribution in [1.82, 2.24) is 4.98 Å². The molecule has 1 aromatic rings. The molecule has 0 spiro atoms. The van der Waals surface area contributed by atoms with Crippen LogP contribution in [0.2, 0.25) is 0 Å². The predicted octanol–water partition coefficient (Wildman–Crippen LogP) is 1.45. The van der Waals surface area contributed by atoms with Crippen molar-refractivity contribution in [2.75, 3.05) is 0 Å². The minimum Gasteiger partial charge on any atom is -0.388 e. The minimum atomic E-state index is 0.293. The van der Waals surface area contributed by atoms with E-state index in [1.54, 1.807) is 12.3 Å². The molecule has 0 aliphatic heterocycles. The van der Waals surface area contributed by atoms with Gasteiger partial charge in [-0.3, -0.25) is 4.98 Å². The van der Waals surface area contributed by atoms with Crippen LogP contribution in [0.1, 0.15) is 11.3 Å². The molecule has 0 amide bonds. The highest BCUT2D eigenvalue weighted by atomic mass is 35.5. The molecule has 0 aromatic carbocycles. The second-order valence-electron chi connectivity index (χ2n) is 2.01. The van der Waals surface area contributed by atoms with E-state index in [2.05, 4.69) is 4.98 Å². The van der Waals surface area contributed by atoms with E-state index in [0.717, 1.165) is 5.56 Å². The van der Waals surface area contributed by atoms with Crippen LogP contribution >= 0.6 is 23.8 Å². The van der Waals surface area contributed by atoms with E-state index >= 15 is 0 Å². The predicted molar refractivity (Wildman–Crippen MR) is 49.7 cm³/mol. The minimum absolute atomic E-state index is 0.293. The first-order valence-corrected chi connectivity index (χ1v) is 3.99. The molecular weight excluding hydrogens is 180 g/mol. The maximum atomic E-state index is 5.62. The van der Waals surface area contributed by atoms with Gasteiger partial charge in [0, 0.05) is 12.1 Å². The SMILES string of the molecule is NC(=S)c1ncccc1CCl. The number of rotatable bonds is 2. The normalized spacial score (nSPS) is 9.55. The lowest BCUT2D eigenvalue weighted by atomic mass is 10.2. The average Bonchev–Trinajstić information content (AvgIpc) is 2.04. The molecule has 0 aliphatic carbocycles. The zero-order valence-electron chi connectivity index (χ0n) is 5.75. The summed E-state index contributed by atoms with van der Waals surface area (Å²) in [6.45, 7) is 0. The van der Waals surface area contributed by atoms with Crippen molar-refractivity contribution in [2.45, 2.75) is 5.88 Å². The van der Waals surface area contributed by atoms with Crippen LogP contribution in [-0.4, -0.2) is 9.97 Å². The topological polar surface area (TPSA) is 38.9 Å².